The van der Waals surface area contributed by atoms with E-state index in [4.69, 9.17) is 10.5 Å². The molecular weight excluding hydrogens is 278 g/mol. The smallest absolute Gasteiger partial charge is 0.220 e. The maximum atomic E-state index is 11.4. The van der Waals surface area contributed by atoms with Gasteiger partial charge in [0.2, 0.25) is 5.91 Å². The molecule has 2 N–H and O–H groups in total. The van der Waals surface area contributed by atoms with Crippen molar-refractivity contribution in [3.05, 3.63) is 53.6 Å². The van der Waals surface area contributed by atoms with Gasteiger partial charge in [-0.3, -0.25) is 14.8 Å². The first-order valence-corrected chi connectivity index (χ1v) is 7.55. The first-order valence-electron chi connectivity index (χ1n) is 7.55. The number of ether oxygens (including phenoxy) is 1. The van der Waals surface area contributed by atoms with E-state index >= 15 is 0 Å². The van der Waals surface area contributed by atoms with Crippen molar-refractivity contribution in [1.29, 1.82) is 0 Å². The number of pyridine rings is 2. The molecule has 0 bridgehead atoms. The summed E-state index contributed by atoms with van der Waals surface area (Å²) in [5, 5.41) is 0. The molecule has 1 amide bonds. The third-order valence-electron chi connectivity index (χ3n) is 4.68. The van der Waals surface area contributed by atoms with Crippen molar-refractivity contribution in [2.75, 3.05) is 0 Å². The summed E-state index contributed by atoms with van der Waals surface area (Å²) < 4.78 is 6.12. The Morgan fingerprint density at radius 1 is 1.32 bits per heavy atom. The summed E-state index contributed by atoms with van der Waals surface area (Å²) in [6, 6.07) is 5.97. The van der Waals surface area contributed by atoms with E-state index in [2.05, 4.69) is 9.97 Å². The predicted molar refractivity (Wildman–Crippen MR) is 80.4 cm³/mol. The highest BCUT2D eigenvalue weighted by Crippen LogP contribution is 2.50. The lowest BCUT2D eigenvalue weighted by atomic mass is 9.95. The summed E-state index contributed by atoms with van der Waals surface area (Å²) >= 11 is 0. The van der Waals surface area contributed by atoms with E-state index in [1.807, 2.05) is 30.6 Å². The van der Waals surface area contributed by atoms with Gasteiger partial charge < -0.3 is 10.5 Å². The lowest BCUT2D eigenvalue weighted by Crippen LogP contribution is -2.22. The molecule has 3 unspecified atom stereocenters. The van der Waals surface area contributed by atoms with Crippen LogP contribution in [0.1, 0.15) is 35.6 Å². The zero-order chi connectivity index (χ0) is 15.1. The summed E-state index contributed by atoms with van der Waals surface area (Å²) in [4.78, 5) is 20.0. The van der Waals surface area contributed by atoms with E-state index in [0.29, 0.717) is 12.8 Å². The van der Waals surface area contributed by atoms with E-state index in [0.717, 1.165) is 23.4 Å². The van der Waals surface area contributed by atoms with Crippen molar-refractivity contribution in [2.24, 2.45) is 11.7 Å². The number of aromatic nitrogens is 2. The van der Waals surface area contributed by atoms with Crippen molar-refractivity contribution in [3.63, 3.8) is 0 Å². The molecule has 1 aliphatic carbocycles. The number of carbonyl (C=O) groups excluding carboxylic acids is 1. The topological polar surface area (TPSA) is 78.1 Å². The number of rotatable bonds is 3. The normalized spacial score (nSPS) is 25.4. The van der Waals surface area contributed by atoms with Crippen molar-refractivity contribution >= 4 is 5.91 Å². The highest BCUT2D eigenvalue weighted by atomic mass is 16.5. The molecule has 0 radical (unpaired) electrons. The van der Waals surface area contributed by atoms with Crippen LogP contribution in [0.2, 0.25) is 0 Å². The Morgan fingerprint density at radius 2 is 2.23 bits per heavy atom. The maximum Gasteiger partial charge on any atom is 0.220 e. The van der Waals surface area contributed by atoms with Gasteiger partial charge in [-0.15, -0.1) is 0 Å². The van der Waals surface area contributed by atoms with Crippen LogP contribution in [0.3, 0.4) is 0 Å². The number of carbonyl (C=O) groups is 1. The fourth-order valence-electron chi connectivity index (χ4n) is 3.60. The maximum absolute atomic E-state index is 11.4. The van der Waals surface area contributed by atoms with Crippen LogP contribution in [0.15, 0.2) is 36.8 Å². The molecule has 1 aliphatic heterocycles. The number of hydrogen-bond donors (Lipinski definition) is 1. The SMILES string of the molecule is NC(=O)C1CC2Oc3c(ccnc3Cc3cccnc3)C2C1. The molecule has 1 fully saturated rings. The number of nitrogens with two attached hydrogens (primary N) is 1. The van der Waals surface area contributed by atoms with Crippen LogP contribution < -0.4 is 10.5 Å². The number of fused-ring (bicyclic) bond motifs is 3. The molecular formula is C17H17N3O2. The third-order valence-corrected chi connectivity index (χ3v) is 4.68. The number of amides is 1. The Kier molecular flexibility index (Phi) is 3.06. The van der Waals surface area contributed by atoms with E-state index in [1.165, 1.54) is 5.56 Å². The van der Waals surface area contributed by atoms with E-state index in [9.17, 15) is 4.79 Å². The fraction of sp³-hybridized carbons (Fsp3) is 0.353. The second kappa shape index (κ2) is 5.09. The molecule has 2 aromatic rings. The predicted octanol–water partition coefficient (Wildman–Crippen LogP) is 1.81. The van der Waals surface area contributed by atoms with Gasteiger partial charge >= 0.3 is 0 Å². The van der Waals surface area contributed by atoms with Crippen LogP contribution in [0.5, 0.6) is 5.75 Å². The van der Waals surface area contributed by atoms with Gasteiger partial charge in [0.25, 0.3) is 0 Å². The van der Waals surface area contributed by atoms with E-state index in [1.54, 1.807) is 6.20 Å². The minimum Gasteiger partial charge on any atom is -0.488 e. The Hall–Kier alpha value is -2.43. The molecule has 0 saturated heterocycles. The van der Waals surface area contributed by atoms with Gasteiger partial charge in [-0.1, -0.05) is 6.07 Å². The van der Waals surface area contributed by atoms with Crippen LogP contribution in [-0.4, -0.2) is 22.0 Å². The average molecular weight is 295 g/mol. The zero-order valence-electron chi connectivity index (χ0n) is 12.1. The molecule has 2 aliphatic rings. The van der Waals surface area contributed by atoms with Crippen LogP contribution in [0.25, 0.3) is 0 Å². The van der Waals surface area contributed by atoms with Gasteiger partial charge in [0.15, 0.2) is 0 Å². The summed E-state index contributed by atoms with van der Waals surface area (Å²) in [5.74, 6) is 0.870. The second-order valence-electron chi connectivity index (χ2n) is 6.05. The van der Waals surface area contributed by atoms with Gasteiger partial charge in [0.05, 0.1) is 5.69 Å². The summed E-state index contributed by atoms with van der Waals surface area (Å²) in [6.07, 6.45) is 7.69. The highest BCUT2D eigenvalue weighted by Gasteiger charge is 2.45. The molecule has 5 nitrogen and oxygen atoms in total. The molecule has 0 spiro atoms. The van der Waals surface area contributed by atoms with Crippen molar-refractivity contribution < 1.29 is 9.53 Å². The minimum atomic E-state index is -0.218. The molecule has 3 heterocycles. The summed E-state index contributed by atoms with van der Waals surface area (Å²) in [5.41, 5.74) is 8.66. The van der Waals surface area contributed by atoms with Gasteiger partial charge in [0.1, 0.15) is 11.9 Å². The summed E-state index contributed by atoms with van der Waals surface area (Å²) in [7, 11) is 0. The quantitative estimate of drug-likeness (QED) is 0.936. The number of primary amides is 1. The lowest BCUT2D eigenvalue weighted by Gasteiger charge is -2.11. The van der Waals surface area contributed by atoms with Crippen molar-refractivity contribution in [3.8, 4) is 5.75 Å². The van der Waals surface area contributed by atoms with Gasteiger partial charge in [-0.05, 0) is 30.5 Å². The molecule has 5 heteroatoms. The first-order chi connectivity index (χ1) is 10.7. The van der Waals surface area contributed by atoms with Crippen LogP contribution >= 0.6 is 0 Å². The molecule has 3 atom stereocenters. The largest absolute Gasteiger partial charge is 0.488 e. The number of nitrogens with zero attached hydrogens (tertiary/aromatic N) is 2. The van der Waals surface area contributed by atoms with Gasteiger partial charge in [0, 0.05) is 42.4 Å². The Morgan fingerprint density at radius 3 is 3.00 bits per heavy atom. The molecule has 112 valence electrons. The standard InChI is InChI=1S/C17H17N3O2/c18-17(21)11-7-13-12-3-5-20-14(16(12)22-15(13)8-11)6-10-2-1-4-19-9-10/h1-5,9,11,13,15H,6-8H2,(H2,18,21). The molecule has 22 heavy (non-hydrogen) atoms. The monoisotopic (exact) mass is 295 g/mol. The molecule has 2 aromatic heterocycles. The van der Waals surface area contributed by atoms with Crippen LogP contribution in [0, 0.1) is 5.92 Å². The van der Waals surface area contributed by atoms with E-state index < -0.39 is 0 Å². The van der Waals surface area contributed by atoms with Crippen LogP contribution in [-0.2, 0) is 11.2 Å². The third kappa shape index (κ3) is 2.13. The van der Waals surface area contributed by atoms with Crippen molar-refractivity contribution in [1.82, 2.24) is 9.97 Å². The molecule has 1 saturated carbocycles. The summed E-state index contributed by atoms with van der Waals surface area (Å²) in [6.45, 7) is 0. The van der Waals surface area contributed by atoms with Gasteiger partial charge in [-0.25, -0.2) is 0 Å². The Balaban J connectivity index is 1.63. The van der Waals surface area contributed by atoms with Crippen LogP contribution in [0.4, 0.5) is 0 Å². The first kappa shape index (κ1) is 13.2. The lowest BCUT2D eigenvalue weighted by molar-refractivity contribution is -0.121. The zero-order valence-corrected chi connectivity index (χ0v) is 12.1. The second-order valence-corrected chi connectivity index (χ2v) is 6.05. The highest BCUT2D eigenvalue weighted by molar-refractivity contribution is 5.77. The average Bonchev–Trinajstić information content (AvgIpc) is 3.07. The molecule has 0 aromatic carbocycles. The van der Waals surface area contributed by atoms with E-state index in [-0.39, 0.29) is 23.8 Å². The van der Waals surface area contributed by atoms with Crippen molar-refractivity contribution in [2.45, 2.75) is 31.3 Å². The molecule has 4 rings (SSSR count). The fourth-order valence-corrected chi connectivity index (χ4v) is 3.60. The number of hydrogen-bond acceptors (Lipinski definition) is 4. The Bertz CT molecular complexity index is 717. The minimum absolute atomic E-state index is 0.0596. The van der Waals surface area contributed by atoms with Gasteiger partial charge in [-0.2, -0.15) is 0 Å². The Labute approximate surface area is 128 Å².